The van der Waals surface area contributed by atoms with Gasteiger partial charge in [-0.1, -0.05) is 23.7 Å². The average molecular weight is 340 g/mol. The maximum atomic E-state index is 6.18. The molecule has 0 radical (unpaired) electrons. The Bertz CT molecular complexity index is 826. The van der Waals surface area contributed by atoms with Gasteiger partial charge < -0.3 is 4.74 Å². The van der Waals surface area contributed by atoms with Crippen molar-refractivity contribution in [1.82, 2.24) is 14.8 Å². The lowest BCUT2D eigenvalue weighted by Gasteiger charge is -2.22. The van der Waals surface area contributed by atoms with Crippen LogP contribution in [0.5, 0.6) is 0 Å². The van der Waals surface area contributed by atoms with E-state index in [9.17, 15) is 0 Å². The predicted octanol–water partition coefficient (Wildman–Crippen LogP) is 4.96. The van der Waals surface area contributed by atoms with Crippen molar-refractivity contribution in [3.63, 3.8) is 0 Å². The normalized spacial score (nSPS) is 17.8. The minimum Gasteiger partial charge on any atom is -0.357 e. The van der Waals surface area contributed by atoms with Gasteiger partial charge in [-0.3, -0.25) is 4.98 Å². The summed E-state index contributed by atoms with van der Waals surface area (Å²) in [5, 5.41) is 5.54. The van der Waals surface area contributed by atoms with Crippen molar-refractivity contribution in [3.05, 3.63) is 60.0 Å². The Kier molecular flexibility index (Phi) is 4.32. The number of benzene rings is 1. The highest BCUT2D eigenvalue weighted by Gasteiger charge is 2.20. The summed E-state index contributed by atoms with van der Waals surface area (Å²) in [6.07, 6.45) is 8.95. The van der Waals surface area contributed by atoms with Gasteiger partial charge in [-0.25, -0.2) is 4.68 Å². The molecule has 0 spiro atoms. The van der Waals surface area contributed by atoms with Crippen LogP contribution in [0.4, 0.5) is 0 Å². The summed E-state index contributed by atoms with van der Waals surface area (Å²) in [5.74, 6) is 0. The van der Waals surface area contributed by atoms with E-state index in [-0.39, 0.29) is 6.23 Å². The summed E-state index contributed by atoms with van der Waals surface area (Å²) in [4.78, 5) is 4.11. The molecule has 4 rings (SSSR count). The molecule has 5 heteroatoms. The van der Waals surface area contributed by atoms with Crippen molar-refractivity contribution < 1.29 is 4.74 Å². The molecule has 1 unspecified atom stereocenters. The number of aromatic nitrogens is 3. The van der Waals surface area contributed by atoms with Crippen molar-refractivity contribution in [1.29, 1.82) is 0 Å². The minimum absolute atomic E-state index is 0.00673. The van der Waals surface area contributed by atoms with Crippen LogP contribution in [0.1, 0.15) is 25.5 Å². The first-order valence-corrected chi connectivity index (χ1v) is 8.56. The van der Waals surface area contributed by atoms with Crippen LogP contribution in [0.25, 0.3) is 22.4 Å². The van der Waals surface area contributed by atoms with Crippen molar-refractivity contribution in [2.24, 2.45) is 0 Å². The number of hydrogen-bond donors (Lipinski definition) is 0. The van der Waals surface area contributed by atoms with Gasteiger partial charge in [0.05, 0.1) is 0 Å². The standard InChI is InChI=1S/C19H18ClN3O/c20-16-5-3-4-15(12-16)19-17(14-7-9-21-10-8-14)13-23(22-19)18-6-1-2-11-24-18/h3-5,7-10,12-13,18H,1-2,6,11H2. The molecule has 1 aromatic carbocycles. The quantitative estimate of drug-likeness (QED) is 0.676. The molecule has 3 aromatic rings. The van der Waals surface area contributed by atoms with Gasteiger partial charge in [0.15, 0.2) is 0 Å². The highest BCUT2D eigenvalue weighted by molar-refractivity contribution is 6.30. The molecule has 4 nitrogen and oxygen atoms in total. The molecule has 1 aliphatic rings. The third-order valence-corrected chi connectivity index (χ3v) is 4.51. The molecule has 0 amide bonds. The van der Waals surface area contributed by atoms with Gasteiger partial charge in [0.25, 0.3) is 0 Å². The summed E-state index contributed by atoms with van der Waals surface area (Å²) < 4.78 is 7.84. The molecule has 1 aliphatic heterocycles. The Morgan fingerprint density at radius 2 is 1.96 bits per heavy atom. The van der Waals surface area contributed by atoms with Crippen LogP contribution >= 0.6 is 11.6 Å². The smallest absolute Gasteiger partial charge is 0.150 e. The second-order valence-corrected chi connectivity index (χ2v) is 6.38. The van der Waals surface area contributed by atoms with Gasteiger partial charge in [-0.2, -0.15) is 5.10 Å². The molecule has 24 heavy (non-hydrogen) atoms. The Balaban J connectivity index is 1.82. The molecule has 122 valence electrons. The van der Waals surface area contributed by atoms with E-state index in [0.717, 1.165) is 41.8 Å². The van der Waals surface area contributed by atoms with E-state index in [0.29, 0.717) is 5.02 Å². The molecular weight excluding hydrogens is 322 g/mol. The van der Waals surface area contributed by atoms with Crippen molar-refractivity contribution >= 4 is 11.6 Å². The monoisotopic (exact) mass is 339 g/mol. The number of ether oxygens (including phenoxy) is 1. The number of rotatable bonds is 3. The topological polar surface area (TPSA) is 39.9 Å². The molecule has 2 aromatic heterocycles. The van der Waals surface area contributed by atoms with Crippen molar-refractivity contribution in [2.75, 3.05) is 6.61 Å². The molecule has 0 saturated carbocycles. The summed E-state index contributed by atoms with van der Waals surface area (Å²) in [7, 11) is 0. The van der Waals surface area contributed by atoms with Gasteiger partial charge in [-0.05, 0) is 49.1 Å². The molecule has 0 aliphatic carbocycles. The van der Waals surface area contributed by atoms with Crippen molar-refractivity contribution in [2.45, 2.75) is 25.5 Å². The van der Waals surface area contributed by atoms with Crippen molar-refractivity contribution in [3.8, 4) is 22.4 Å². The Hall–Kier alpha value is -2.17. The summed E-state index contributed by atoms with van der Waals surface area (Å²) >= 11 is 6.18. The first-order valence-electron chi connectivity index (χ1n) is 8.18. The van der Waals surface area contributed by atoms with Gasteiger partial charge in [0.1, 0.15) is 11.9 Å². The molecule has 0 bridgehead atoms. The second-order valence-electron chi connectivity index (χ2n) is 5.94. The summed E-state index contributed by atoms with van der Waals surface area (Å²) in [6.45, 7) is 0.793. The molecule has 0 N–H and O–H groups in total. The van der Waals surface area contributed by atoms with Crippen LogP contribution < -0.4 is 0 Å². The van der Waals surface area contributed by atoms with E-state index >= 15 is 0 Å². The number of halogens is 1. The lowest BCUT2D eigenvalue weighted by Crippen LogP contribution is -2.18. The van der Waals surface area contributed by atoms with E-state index in [1.807, 2.05) is 41.1 Å². The molecule has 1 saturated heterocycles. The van der Waals surface area contributed by atoms with Gasteiger partial charge in [0, 0.05) is 41.3 Å². The van der Waals surface area contributed by atoms with Crippen LogP contribution in [0.2, 0.25) is 5.02 Å². The summed E-state index contributed by atoms with van der Waals surface area (Å²) in [6, 6.07) is 11.8. The van der Waals surface area contributed by atoms with Crippen LogP contribution in [-0.4, -0.2) is 21.4 Å². The fourth-order valence-corrected chi connectivity index (χ4v) is 3.25. The second kappa shape index (κ2) is 6.75. The maximum absolute atomic E-state index is 6.18. The largest absolute Gasteiger partial charge is 0.357 e. The van der Waals surface area contributed by atoms with E-state index in [4.69, 9.17) is 21.4 Å². The van der Waals surface area contributed by atoms with E-state index in [1.54, 1.807) is 12.4 Å². The Labute approximate surface area is 146 Å². The first-order chi connectivity index (χ1) is 11.8. The average Bonchev–Trinajstić information content (AvgIpc) is 3.09. The summed E-state index contributed by atoms with van der Waals surface area (Å²) in [5.41, 5.74) is 4.07. The van der Waals surface area contributed by atoms with Gasteiger partial charge in [0.2, 0.25) is 0 Å². The highest BCUT2D eigenvalue weighted by atomic mass is 35.5. The molecular formula is C19H18ClN3O. The van der Waals surface area contributed by atoms with E-state index in [1.165, 1.54) is 6.42 Å². The molecule has 1 fully saturated rings. The maximum Gasteiger partial charge on any atom is 0.150 e. The fraction of sp³-hybridized carbons (Fsp3) is 0.263. The zero-order valence-electron chi connectivity index (χ0n) is 13.2. The lowest BCUT2D eigenvalue weighted by atomic mass is 10.0. The third-order valence-electron chi connectivity index (χ3n) is 4.27. The third kappa shape index (κ3) is 3.07. The SMILES string of the molecule is Clc1cccc(-c2nn(C3CCCCO3)cc2-c2ccncc2)c1. The van der Waals surface area contributed by atoms with Crippen LogP contribution in [0.15, 0.2) is 55.0 Å². The van der Waals surface area contributed by atoms with E-state index < -0.39 is 0 Å². The van der Waals surface area contributed by atoms with Crippen LogP contribution in [0.3, 0.4) is 0 Å². The zero-order valence-corrected chi connectivity index (χ0v) is 14.0. The van der Waals surface area contributed by atoms with Crippen LogP contribution in [0, 0.1) is 0 Å². The number of hydrogen-bond acceptors (Lipinski definition) is 3. The highest BCUT2D eigenvalue weighted by Crippen LogP contribution is 2.34. The van der Waals surface area contributed by atoms with Crippen LogP contribution in [-0.2, 0) is 4.74 Å². The predicted molar refractivity (Wildman–Crippen MR) is 94.7 cm³/mol. The van der Waals surface area contributed by atoms with Gasteiger partial charge in [-0.15, -0.1) is 0 Å². The minimum atomic E-state index is 0.00673. The molecule has 3 heterocycles. The number of pyridine rings is 1. The fourth-order valence-electron chi connectivity index (χ4n) is 3.06. The van der Waals surface area contributed by atoms with E-state index in [2.05, 4.69) is 11.2 Å². The Morgan fingerprint density at radius 3 is 2.71 bits per heavy atom. The zero-order chi connectivity index (χ0) is 16.4. The lowest BCUT2D eigenvalue weighted by molar-refractivity contribution is -0.0393. The Morgan fingerprint density at radius 1 is 1.08 bits per heavy atom. The van der Waals surface area contributed by atoms with Gasteiger partial charge >= 0.3 is 0 Å². The number of nitrogens with zero attached hydrogens (tertiary/aromatic N) is 3. The molecule has 1 atom stereocenters. The first kappa shape index (κ1) is 15.4.